The number of anilines is 2. The second kappa shape index (κ2) is 13.4. The molecule has 0 aliphatic carbocycles. The number of ether oxygens (including phenoxy) is 2. The van der Waals surface area contributed by atoms with Crippen molar-refractivity contribution in [1.82, 2.24) is 9.97 Å². The van der Waals surface area contributed by atoms with Gasteiger partial charge >= 0.3 is 11.9 Å². The molecule has 0 bridgehead atoms. The number of methoxy groups -OCH3 is 2. The molecule has 37 heavy (non-hydrogen) atoms. The third-order valence-electron chi connectivity index (χ3n) is 4.03. The van der Waals surface area contributed by atoms with Gasteiger partial charge in [0.15, 0.2) is 0 Å². The molecule has 2 aromatic heterocycles. The summed E-state index contributed by atoms with van der Waals surface area (Å²) in [6.07, 6.45) is 0. The minimum Gasteiger partial charge on any atom is -0.464 e. The van der Waals surface area contributed by atoms with Crippen LogP contribution in [0.25, 0.3) is 0 Å². The molecule has 0 fully saturated rings. The summed E-state index contributed by atoms with van der Waals surface area (Å²) in [5, 5.41) is 2.65. The molecule has 0 aliphatic heterocycles. The molecular formula is C26H34N4O5Si2. The Hall–Kier alpha value is -3.94. The molecule has 0 aliphatic rings. The minimum atomic E-state index is -1.59. The lowest BCUT2D eigenvalue weighted by molar-refractivity contribution is -0.114. The van der Waals surface area contributed by atoms with Crippen LogP contribution in [-0.4, -0.2) is 58.2 Å². The summed E-state index contributed by atoms with van der Waals surface area (Å²) in [7, 11) is -0.470. The van der Waals surface area contributed by atoms with Crippen molar-refractivity contribution in [2.45, 2.75) is 46.2 Å². The molecule has 2 rings (SSSR count). The van der Waals surface area contributed by atoms with Crippen molar-refractivity contribution in [1.29, 1.82) is 0 Å². The van der Waals surface area contributed by atoms with Gasteiger partial charge in [0, 0.05) is 6.92 Å². The molecule has 0 saturated heterocycles. The summed E-state index contributed by atoms with van der Waals surface area (Å²) >= 11 is 0. The number of nitrogens with zero attached hydrogens (tertiary/aromatic N) is 2. The van der Waals surface area contributed by atoms with Gasteiger partial charge in [-0.15, -0.1) is 11.1 Å². The highest BCUT2D eigenvalue weighted by Gasteiger charge is 2.14. The van der Waals surface area contributed by atoms with Crippen molar-refractivity contribution in [3.8, 4) is 22.9 Å². The molecule has 0 radical (unpaired) electrons. The van der Waals surface area contributed by atoms with E-state index in [2.05, 4.69) is 87.0 Å². The zero-order valence-electron chi connectivity index (χ0n) is 22.8. The molecular weight excluding hydrogens is 504 g/mol. The van der Waals surface area contributed by atoms with Crippen LogP contribution in [0.5, 0.6) is 0 Å². The fraction of sp³-hybridized carbons (Fsp3) is 0.346. The Morgan fingerprint density at radius 2 is 1.22 bits per heavy atom. The van der Waals surface area contributed by atoms with Crippen LogP contribution in [0.1, 0.15) is 39.3 Å². The van der Waals surface area contributed by atoms with E-state index in [1.807, 2.05) is 0 Å². The van der Waals surface area contributed by atoms with E-state index >= 15 is 0 Å². The van der Waals surface area contributed by atoms with Crippen LogP contribution in [0.15, 0.2) is 24.3 Å². The van der Waals surface area contributed by atoms with Crippen molar-refractivity contribution in [3.63, 3.8) is 0 Å². The van der Waals surface area contributed by atoms with E-state index in [-0.39, 0.29) is 17.3 Å². The smallest absolute Gasteiger partial charge is 0.356 e. The van der Waals surface area contributed by atoms with Gasteiger partial charge in [-0.25, -0.2) is 19.6 Å². The number of nitrogen functional groups attached to an aromatic ring is 1. The van der Waals surface area contributed by atoms with E-state index in [1.54, 1.807) is 12.1 Å². The van der Waals surface area contributed by atoms with E-state index < -0.39 is 28.1 Å². The van der Waals surface area contributed by atoms with E-state index in [1.165, 1.54) is 33.3 Å². The summed E-state index contributed by atoms with van der Waals surface area (Å²) in [4.78, 5) is 42.2. The first kappa shape index (κ1) is 31.1. The molecule has 0 saturated carbocycles. The number of nitrogens with one attached hydrogen (secondary N) is 1. The van der Waals surface area contributed by atoms with Crippen LogP contribution >= 0.6 is 0 Å². The fourth-order valence-electron chi connectivity index (χ4n) is 2.34. The number of aromatic nitrogens is 2. The van der Waals surface area contributed by atoms with Crippen LogP contribution in [0.4, 0.5) is 11.4 Å². The molecule has 196 valence electrons. The van der Waals surface area contributed by atoms with Gasteiger partial charge in [0.05, 0.1) is 25.6 Å². The van der Waals surface area contributed by atoms with Crippen molar-refractivity contribution in [2.24, 2.45) is 0 Å². The summed E-state index contributed by atoms with van der Waals surface area (Å²) in [5.74, 6) is 4.66. The van der Waals surface area contributed by atoms with Crippen LogP contribution < -0.4 is 11.1 Å². The minimum absolute atomic E-state index is 0.168. The number of amides is 1. The number of hydrogen-bond acceptors (Lipinski definition) is 8. The summed E-state index contributed by atoms with van der Waals surface area (Å²) in [6, 6.07) is 6.25. The first-order chi connectivity index (χ1) is 17.1. The molecule has 9 nitrogen and oxygen atoms in total. The third-order valence-corrected chi connectivity index (χ3v) is 5.78. The van der Waals surface area contributed by atoms with Crippen LogP contribution in [0.2, 0.25) is 39.3 Å². The summed E-state index contributed by atoms with van der Waals surface area (Å²) in [6.45, 7) is 14.1. The van der Waals surface area contributed by atoms with Gasteiger partial charge < -0.3 is 20.5 Å². The molecule has 0 aromatic carbocycles. The number of carbonyl (C=O) groups is 3. The van der Waals surface area contributed by atoms with Crippen LogP contribution in [0, 0.1) is 22.9 Å². The molecule has 1 amide bonds. The van der Waals surface area contributed by atoms with Crippen LogP contribution in [-0.2, 0) is 14.3 Å². The Bertz CT molecular complexity index is 1290. The zero-order chi connectivity index (χ0) is 28.4. The highest BCUT2D eigenvalue weighted by Crippen LogP contribution is 2.14. The maximum Gasteiger partial charge on any atom is 0.356 e. The molecule has 0 spiro atoms. The van der Waals surface area contributed by atoms with Crippen molar-refractivity contribution in [3.05, 3.63) is 47.0 Å². The fourth-order valence-corrected chi connectivity index (χ4v) is 3.33. The molecule has 2 heterocycles. The number of nitrogens with two attached hydrogens (primary N) is 1. The molecule has 2 aromatic rings. The van der Waals surface area contributed by atoms with Crippen molar-refractivity contribution < 1.29 is 23.9 Å². The van der Waals surface area contributed by atoms with Gasteiger partial charge in [-0.1, -0.05) is 51.1 Å². The molecule has 0 atom stereocenters. The van der Waals surface area contributed by atoms with Gasteiger partial charge in [-0.05, 0) is 24.3 Å². The first-order valence-corrected chi connectivity index (χ1v) is 18.3. The van der Waals surface area contributed by atoms with Gasteiger partial charge in [-0.2, -0.15) is 0 Å². The number of esters is 2. The van der Waals surface area contributed by atoms with Crippen molar-refractivity contribution >= 4 is 45.4 Å². The lowest BCUT2D eigenvalue weighted by Gasteiger charge is -2.08. The Labute approximate surface area is 220 Å². The molecule has 11 heteroatoms. The number of carbonyl (C=O) groups excluding carboxylic acids is 3. The highest BCUT2D eigenvalue weighted by atomic mass is 28.3. The van der Waals surface area contributed by atoms with Gasteiger partial charge in [0.2, 0.25) is 5.91 Å². The standard InChI is InChI=1S/C14H18N2O3Si.C12H16N2O2Si/c1-10(17)15-11-6-7-13(14(18)19-2)16-12(11)8-9-20(3,4)5;1-16-12(15)11-6-5-9(13)10(14-11)7-8-17(2,3)4/h6-7H,1-5H3,(H,15,17);5-6H,13H2,1-4H3. The van der Waals surface area contributed by atoms with E-state index in [0.29, 0.717) is 22.8 Å². The van der Waals surface area contributed by atoms with Gasteiger partial charge in [0.1, 0.15) is 38.9 Å². The SMILES string of the molecule is COC(=O)c1ccc(N)c(C#C[Si](C)(C)C)n1.COC(=O)c1ccc(NC(C)=O)c(C#C[Si](C)(C)C)n1. The molecule has 3 N–H and O–H groups in total. The normalized spacial score (nSPS) is 10.3. The van der Waals surface area contributed by atoms with E-state index in [4.69, 9.17) is 5.73 Å². The second-order valence-electron chi connectivity index (χ2n) is 9.89. The largest absolute Gasteiger partial charge is 0.464 e. The maximum atomic E-state index is 11.5. The van der Waals surface area contributed by atoms with E-state index in [0.717, 1.165) is 0 Å². The average Bonchev–Trinajstić information content (AvgIpc) is 2.80. The maximum absolute atomic E-state index is 11.5. The topological polar surface area (TPSA) is 134 Å². The number of pyridine rings is 2. The second-order valence-corrected chi connectivity index (χ2v) is 19.4. The summed E-state index contributed by atoms with van der Waals surface area (Å²) < 4.78 is 9.22. The lowest BCUT2D eigenvalue weighted by atomic mass is 10.2. The highest BCUT2D eigenvalue weighted by molar-refractivity contribution is 6.84. The Morgan fingerprint density at radius 1 is 0.784 bits per heavy atom. The predicted molar refractivity (Wildman–Crippen MR) is 150 cm³/mol. The Morgan fingerprint density at radius 3 is 1.65 bits per heavy atom. The first-order valence-electron chi connectivity index (χ1n) is 11.3. The summed E-state index contributed by atoms with van der Waals surface area (Å²) in [5.41, 5.74) is 14.3. The quantitative estimate of drug-likeness (QED) is 0.343. The Balaban J connectivity index is 0.000000375. The van der Waals surface area contributed by atoms with Crippen LogP contribution in [0.3, 0.4) is 0 Å². The molecule has 0 unspecified atom stereocenters. The Kier molecular flexibility index (Phi) is 11.3. The third kappa shape index (κ3) is 11.6. The average molecular weight is 539 g/mol. The zero-order valence-corrected chi connectivity index (χ0v) is 24.8. The monoisotopic (exact) mass is 538 g/mol. The number of rotatable bonds is 3. The predicted octanol–water partition coefficient (Wildman–Crippen LogP) is 3.73. The lowest BCUT2D eigenvalue weighted by Crippen LogP contribution is -2.17. The van der Waals surface area contributed by atoms with Gasteiger partial charge in [0.25, 0.3) is 0 Å². The van der Waals surface area contributed by atoms with Gasteiger partial charge in [-0.3, -0.25) is 4.79 Å². The van der Waals surface area contributed by atoms with E-state index in [9.17, 15) is 14.4 Å². The number of hydrogen-bond donors (Lipinski definition) is 2. The van der Waals surface area contributed by atoms with Crippen molar-refractivity contribution in [2.75, 3.05) is 25.3 Å².